The molecule has 0 aromatic carbocycles. The maximum Gasteiger partial charge on any atom is 2.00 e. The minimum absolute atomic E-state index is 0. The van der Waals surface area contributed by atoms with Gasteiger partial charge in [0, 0.05) is 0 Å². The molecule has 0 radical (unpaired) electrons. The van der Waals surface area contributed by atoms with Crippen molar-refractivity contribution in [3.8, 4) is 0 Å². The predicted octanol–water partition coefficient (Wildman–Crippen LogP) is -3.71. The largest absolute Gasteiger partial charge is 2.00 e. The van der Waals surface area contributed by atoms with Gasteiger partial charge in [0.25, 0.3) is 0 Å². The van der Waals surface area contributed by atoms with Gasteiger partial charge in [0.1, 0.15) is 0 Å². The molecule has 12 nitrogen and oxygen atoms in total. The van der Waals surface area contributed by atoms with Crippen molar-refractivity contribution in [1.82, 2.24) is 0 Å². The first-order valence-corrected chi connectivity index (χ1v) is 9.10. The third-order valence-corrected chi connectivity index (χ3v) is 4.64. The van der Waals surface area contributed by atoms with Gasteiger partial charge in [0.05, 0.1) is 0 Å². The quantitative estimate of drug-likeness (QED) is 0.275. The molecule has 0 spiro atoms. The Kier molecular flexibility index (Phi) is 9.33. The standard InChI is InChI=1S/Ca.2H2O6S2/c;2*1-7(2,3)8(4,5)6/h;2*(H,1,2,3)(H,4,5,6)/q+2;;/p-2. The Hall–Kier alpha value is 0.900. The Bertz CT molecular complexity index is 503. The fourth-order valence-corrected chi connectivity index (χ4v) is 0. The van der Waals surface area contributed by atoms with Crippen molar-refractivity contribution >= 4 is 74.3 Å². The van der Waals surface area contributed by atoms with Gasteiger partial charge in [-0.2, -0.15) is 16.8 Å². The van der Waals surface area contributed by atoms with Crippen LogP contribution in [0, 0.1) is 0 Å². The van der Waals surface area contributed by atoms with Gasteiger partial charge < -0.3 is 9.11 Å². The van der Waals surface area contributed by atoms with Crippen molar-refractivity contribution in [2.24, 2.45) is 0 Å². The molecule has 100 valence electrons. The van der Waals surface area contributed by atoms with Crippen LogP contribution in [-0.4, -0.2) is 89.6 Å². The summed E-state index contributed by atoms with van der Waals surface area (Å²) in [7, 11) is -22.0. The van der Waals surface area contributed by atoms with Crippen LogP contribution >= 0.6 is 0 Å². The van der Waals surface area contributed by atoms with Crippen LogP contribution in [0.5, 0.6) is 0 Å². The van der Waals surface area contributed by atoms with Gasteiger partial charge in [-0.05, 0) is 0 Å². The van der Waals surface area contributed by atoms with E-state index in [1.807, 2.05) is 0 Å². The summed E-state index contributed by atoms with van der Waals surface area (Å²) in [5.74, 6) is 0. The van der Waals surface area contributed by atoms with Gasteiger partial charge in [-0.3, -0.25) is 9.11 Å². The molecule has 0 aliphatic rings. The molecule has 0 saturated heterocycles. The molecule has 0 heterocycles. The Balaban J connectivity index is -0.000000218. The maximum atomic E-state index is 9.31. The van der Waals surface area contributed by atoms with Crippen LogP contribution in [0.1, 0.15) is 0 Å². The summed E-state index contributed by atoms with van der Waals surface area (Å²) >= 11 is 0. The minimum atomic E-state index is -5.56. The van der Waals surface area contributed by atoms with Crippen molar-refractivity contribution in [2.75, 3.05) is 0 Å². The molecule has 17 heavy (non-hydrogen) atoms. The molecule has 2 N–H and O–H groups in total. The molecular weight excluding hydrogens is 360 g/mol. The number of hydrogen-bond acceptors (Lipinski definition) is 10. The Labute approximate surface area is 125 Å². The van der Waals surface area contributed by atoms with E-state index in [0.29, 0.717) is 0 Å². The molecule has 0 aromatic heterocycles. The minimum Gasteiger partial charge on any atom is -0.734 e. The predicted molar refractivity (Wildman–Crippen MR) is 48.2 cm³/mol. The van der Waals surface area contributed by atoms with Gasteiger partial charge in [0.15, 0.2) is 0 Å². The molecule has 0 amide bonds. The molecule has 17 heteroatoms. The Morgan fingerprint density at radius 2 is 0.647 bits per heavy atom. The van der Waals surface area contributed by atoms with Crippen LogP contribution in [0.2, 0.25) is 0 Å². The van der Waals surface area contributed by atoms with E-state index < -0.39 is 36.6 Å². The molecular formula is H2CaO12S4. The van der Waals surface area contributed by atoms with Crippen molar-refractivity contribution < 1.29 is 51.9 Å². The third-order valence-electron chi connectivity index (χ3n) is 0.516. The molecule has 0 aliphatic carbocycles. The molecule has 0 atom stereocenters. The van der Waals surface area contributed by atoms with Crippen molar-refractivity contribution in [1.29, 1.82) is 0 Å². The van der Waals surface area contributed by atoms with E-state index in [9.17, 15) is 42.8 Å². The number of rotatable bonds is 2. The fourth-order valence-electron chi connectivity index (χ4n) is 0. The van der Waals surface area contributed by atoms with Crippen LogP contribution < -0.4 is 0 Å². The van der Waals surface area contributed by atoms with Crippen LogP contribution in [0.15, 0.2) is 0 Å². The first kappa shape index (κ1) is 23.0. The smallest absolute Gasteiger partial charge is 0.734 e. The SMILES string of the molecule is O=S(=O)([O-])S(=O)(=O)O.O=S(=O)([O-])S(=O)(=O)O.[Ca+2]. The molecule has 0 bridgehead atoms. The summed E-state index contributed by atoms with van der Waals surface area (Å²) in [5, 5.41) is 0. The summed E-state index contributed by atoms with van der Waals surface area (Å²) in [6, 6.07) is 0. The van der Waals surface area contributed by atoms with E-state index in [1.54, 1.807) is 0 Å². The van der Waals surface area contributed by atoms with E-state index in [1.165, 1.54) is 0 Å². The topological polar surface area (TPSA) is 223 Å². The zero-order chi connectivity index (χ0) is 14.0. The van der Waals surface area contributed by atoms with Crippen LogP contribution in [0.4, 0.5) is 0 Å². The zero-order valence-corrected chi connectivity index (χ0v) is 12.8. The second-order valence-electron chi connectivity index (χ2n) is 1.67. The molecule has 0 rings (SSSR count). The van der Waals surface area contributed by atoms with Crippen molar-refractivity contribution in [3.05, 3.63) is 0 Å². The monoisotopic (exact) mass is 362 g/mol. The summed E-state index contributed by atoms with van der Waals surface area (Å²) in [5.41, 5.74) is 0. The molecule has 0 unspecified atom stereocenters. The first-order valence-electron chi connectivity index (χ1n) is 2.37. The Morgan fingerprint density at radius 3 is 0.647 bits per heavy atom. The summed E-state index contributed by atoms with van der Waals surface area (Å²) < 4.78 is 108. The van der Waals surface area contributed by atoms with Crippen LogP contribution in [-0.2, 0) is 36.6 Å². The van der Waals surface area contributed by atoms with Gasteiger partial charge >= 0.3 is 56.0 Å². The van der Waals surface area contributed by atoms with Crippen LogP contribution in [0.25, 0.3) is 0 Å². The van der Waals surface area contributed by atoms with E-state index in [0.717, 1.165) is 0 Å². The van der Waals surface area contributed by atoms with E-state index in [2.05, 4.69) is 0 Å². The van der Waals surface area contributed by atoms with Gasteiger partial charge in [0.2, 0.25) is 18.3 Å². The van der Waals surface area contributed by atoms with E-state index in [4.69, 9.17) is 9.11 Å². The second-order valence-corrected chi connectivity index (χ2v) is 9.99. The molecule has 0 saturated carbocycles. The number of hydrogen-bond donors (Lipinski definition) is 2. The Morgan fingerprint density at radius 1 is 0.588 bits per heavy atom. The van der Waals surface area contributed by atoms with E-state index in [-0.39, 0.29) is 37.7 Å². The summed E-state index contributed by atoms with van der Waals surface area (Å²) in [6.07, 6.45) is 0. The zero-order valence-electron chi connectivity index (χ0n) is 7.32. The average Bonchev–Trinajstić information content (AvgIpc) is 1.77. The fraction of sp³-hybridized carbons (Fsp3) is 0. The average molecular weight is 362 g/mol. The second kappa shape index (κ2) is 6.89. The van der Waals surface area contributed by atoms with Gasteiger partial charge in [-0.1, -0.05) is 0 Å². The van der Waals surface area contributed by atoms with Crippen molar-refractivity contribution in [2.45, 2.75) is 0 Å². The molecule has 0 aromatic rings. The van der Waals surface area contributed by atoms with Crippen molar-refractivity contribution in [3.63, 3.8) is 0 Å². The normalized spacial score (nSPS) is 12.9. The van der Waals surface area contributed by atoms with E-state index >= 15 is 0 Å². The summed E-state index contributed by atoms with van der Waals surface area (Å²) in [4.78, 5) is 0. The van der Waals surface area contributed by atoms with Gasteiger partial charge in [-0.15, -0.1) is 0 Å². The first-order chi connectivity index (χ1) is 6.50. The molecule has 0 aliphatic heterocycles. The third kappa shape index (κ3) is 10.5. The maximum absolute atomic E-state index is 9.31. The molecule has 0 fully saturated rings. The van der Waals surface area contributed by atoms with Gasteiger partial charge in [-0.25, -0.2) is 16.8 Å². The summed E-state index contributed by atoms with van der Waals surface area (Å²) in [6.45, 7) is 0. The van der Waals surface area contributed by atoms with Crippen LogP contribution in [0.3, 0.4) is 0 Å².